The molecule has 1 amide bonds. The van der Waals surface area contributed by atoms with Crippen molar-refractivity contribution in [2.45, 2.75) is 13.5 Å². The third kappa shape index (κ3) is 3.92. The Kier molecular flexibility index (Phi) is 4.46. The number of amides is 1. The molecule has 8 heteroatoms. The van der Waals surface area contributed by atoms with Crippen molar-refractivity contribution in [2.75, 3.05) is 5.32 Å². The molecular weight excluding hydrogens is 313 g/mol. The van der Waals surface area contributed by atoms with E-state index in [1.54, 1.807) is 25.1 Å². The van der Waals surface area contributed by atoms with Crippen LogP contribution < -0.4 is 10.6 Å². The summed E-state index contributed by atoms with van der Waals surface area (Å²) >= 11 is 0. The van der Waals surface area contributed by atoms with E-state index in [0.717, 1.165) is 5.56 Å². The Labute approximate surface area is 136 Å². The van der Waals surface area contributed by atoms with Gasteiger partial charge < -0.3 is 15.2 Å². The van der Waals surface area contributed by atoms with E-state index in [4.69, 9.17) is 4.52 Å². The molecule has 0 aliphatic heterocycles. The van der Waals surface area contributed by atoms with Crippen LogP contribution in [0.5, 0.6) is 0 Å². The van der Waals surface area contributed by atoms with E-state index in [9.17, 15) is 9.18 Å². The van der Waals surface area contributed by atoms with Gasteiger partial charge in [-0.2, -0.15) is 0 Å². The highest BCUT2D eigenvalue weighted by Gasteiger charge is 2.10. The molecular formula is C16H14FN5O2. The molecule has 1 aromatic carbocycles. The zero-order valence-electron chi connectivity index (χ0n) is 12.8. The van der Waals surface area contributed by atoms with Crippen LogP contribution in [-0.2, 0) is 6.54 Å². The summed E-state index contributed by atoms with van der Waals surface area (Å²) in [6.45, 7) is 2.04. The van der Waals surface area contributed by atoms with Gasteiger partial charge in [0.05, 0.1) is 0 Å². The molecule has 0 aliphatic rings. The molecule has 0 aliphatic carbocycles. The second-order valence-corrected chi connectivity index (χ2v) is 5.05. The van der Waals surface area contributed by atoms with Crippen LogP contribution >= 0.6 is 0 Å². The number of carbonyl (C=O) groups is 1. The lowest BCUT2D eigenvalue weighted by molar-refractivity contribution is 0.0946. The first-order valence-corrected chi connectivity index (χ1v) is 7.15. The molecule has 0 saturated heterocycles. The maximum atomic E-state index is 12.9. The predicted octanol–water partition coefficient (Wildman–Crippen LogP) is 2.59. The number of hydrogen-bond donors (Lipinski definition) is 2. The van der Waals surface area contributed by atoms with Gasteiger partial charge >= 0.3 is 0 Å². The molecule has 24 heavy (non-hydrogen) atoms. The molecule has 0 radical (unpaired) electrons. The number of benzene rings is 1. The molecule has 2 N–H and O–H groups in total. The number of anilines is 2. The minimum absolute atomic E-state index is 0.204. The highest BCUT2D eigenvalue weighted by atomic mass is 19.1. The first kappa shape index (κ1) is 15.6. The van der Waals surface area contributed by atoms with E-state index < -0.39 is 0 Å². The molecule has 2 heterocycles. The van der Waals surface area contributed by atoms with Crippen LogP contribution in [0.1, 0.15) is 21.8 Å². The quantitative estimate of drug-likeness (QED) is 0.748. The lowest BCUT2D eigenvalue weighted by Gasteiger charge is -2.06. The van der Waals surface area contributed by atoms with Gasteiger partial charge in [-0.25, -0.2) is 14.4 Å². The smallest absolute Gasteiger partial charge is 0.270 e. The van der Waals surface area contributed by atoms with Crippen molar-refractivity contribution in [2.24, 2.45) is 0 Å². The minimum Gasteiger partial charge on any atom is -0.360 e. The van der Waals surface area contributed by atoms with Gasteiger partial charge in [0, 0.05) is 18.7 Å². The summed E-state index contributed by atoms with van der Waals surface area (Å²) < 4.78 is 17.8. The first-order valence-electron chi connectivity index (χ1n) is 7.15. The number of rotatable bonds is 5. The topological polar surface area (TPSA) is 92.9 Å². The molecule has 0 spiro atoms. The summed E-state index contributed by atoms with van der Waals surface area (Å²) in [5.74, 6) is 0.888. The van der Waals surface area contributed by atoms with E-state index >= 15 is 0 Å². The largest absolute Gasteiger partial charge is 0.360 e. The fourth-order valence-electron chi connectivity index (χ4n) is 1.98. The van der Waals surface area contributed by atoms with Crippen molar-refractivity contribution < 1.29 is 13.7 Å². The Hall–Kier alpha value is -3.29. The van der Waals surface area contributed by atoms with Crippen LogP contribution in [0.4, 0.5) is 16.0 Å². The molecule has 2 aromatic heterocycles. The SMILES string of the molecule is Cc1cc(Nc2cc(C(=O)NCc3ccc(F)cc3)ncn2)no1. The van der Waals surface area contributed by atoms with Crippen molar-refractivity contribution in [1.82, 2.24) is 20.4 Å². The highest BCUT2D eigenvalue weighted by Crippen LogP contribution is 2.14. The number of carbonyl (C=O) groups excluding carboxylic acids is 1. The van der Waals surface area contributed by atoms with Gasteiger partial charge in [-0.1, -0.05) is 17.3 Å². The Morgan fingerprint density at radius 3 is 2.67 bits per heavy atom. The normalized spacial score (nSPS) is 10.4. The average molecular weight is 327 g/mol. The standard InChI is InChI=1S/C16H14FN5O2/c1-10-6-15(22-24-10)21-14-7-13(19-9-20-14)16(23)18-8-11-2-4-12(17)5-3-11/h2-7,9H,8H2,1H3,(H,18,23)(H,19,20,21,22). The Morgan fingerprint density at radius 2 is 1.96 bits per heavy atom. The third-order valence-corrected chi connectivity index (χ3v) is 3.15. The lowest BCUT2D eigenvalue weighted by atomic mass is 10.2. The summed E-state index contributed by atoms with van der Waals surface area (Å²) in [5.41, 5.74) is 0.991. The van der Waals surface area contributed by atoms with E-state index in [0.29, 0.717) is 17.4 Å². The number of hydrogen-bond acceptors (Lipinski definition) is 6. The first-order chi connectivity index (χ1) is 11.6. The van der Waals surface area contributed by atoms with Crippen LogP contribution in [0.15, 0.2) is 47.2 Å². The zero-order valence-corrected chi connectivity index (χ0v) is 12.8. The van der Waals surface area contributed by atoms with E-state index in [1.165, 1.54) is 24.5 Å². The van der Waals surface area contributed by atoms with Gasteiger partial charge in [0.25, 0.3) is 5.91 Å². The number of aryl methyl sites for hydroxylation is 1. The summed E-state index contributed by atoms with van der Waals surface area (Å²) in [4.78, 5) is 20.1. The molecule has 0 saturated carbocycles. The van der Waals surface area contributed by atoms with Crippen molar-refractivity contribution in [3.05, 3.63) is 65.6 Å². The molecule has 0 bridgehead atoms. The van der Waals surface area contributed by atoms with Gasteiger partial charge in [-0.15, -0.1) is 0 Å². The van der Waals surface area contributed by atoms with Gasteiger partial charge in [0.1, 0.15) is 29.4 Å². The molecule has 122 valence electrons. The molecule has 3 aromatic rings. The fourth-order valence-corrected chi connectivity index (χ4v) is 1.98. The van der Waals surface area contributed by atoms with Gasteiger partial charge in [-0.3, -0.25) is 4.79 Å². The number of nitrogens with zero attached hydrogens (tertiary/aromatic N) is 3. The Bertz CT molecular complexity index is 848. The zero-order chi connectivity index (χ0) is 16.9. The second-order valence-electron chi connectivity index (χ2n) is 5.05. The minimum atomic E-state index is -0.360. The van der Waals surface area contributed by atoms with Crippen LogP contribution in [0.25, 0.3) is 0 Å². The monoisotopic (exact) mass is 327 g/mol. The van der Waals surface area contributed by atoms with Crippen LogP contribution in [0, 0.1) is 12.7 Å². The number of aromatic nitrogens is 3. The summed E-state index contributed by atoms with van der Waals surface area (Å²) in [5, 5.41) is 9.43. The molecule has 0 unspecified atom stereocenters. The maximum Gasteiger partial charge on any atom is 0.270 e. The lowest BCUT2D eigenvalue weighted by Crippen LogP contribution is -2.24. The average Bonchev–Trinajstić information content (AvgIpc) is 2.99. The summed E-state index contributed by atoms with van der Waals surface area (Å²) in [7, 11) is 0. The third-order valence-electron chi connectivity index (χ3n) is 3.15. The molecule has 7 nitrogen and oxygen atoms in total. The van der Waals surface area contributed by atoms with Gasteiger partial charge in [-0.05, 0) is 24.6 Å². The summed E-state index contributed by atoms with van der Waals surface area (Å²) in [6.07, 6.45) is 1.28. The highest BCUT2D eigenvalue weighted by molar-refractivity contribution is 5.92. The fraction of sp³-hybridized carbons (Fsp3) is 0.125. The van der Waals surface area contributed by atoms with E-state index in [2.05, 4.69) is 25.8 Å². The number of halogens is 1. The Morgan fingerprint density at radius 1 is 1.17 bits per heavy atom. The van der Waals surface area contributed by atoms with E-state index in [1.807, 2.05) is 0 Å². The maximum absolute atomic E-state index is 12.9. The predicted molar refractivity (Wildman–Crippen MR) is 84.1 cm³/mol. The molecule has 0 fully saturated rings. The molecule has 0 atom stereocenters. The Balaban J connectivity index is 1.64. The van der Waals surface area contributed by atoms with Gasteiger partial charge in [0.2, 0.25) is 0 Å². The van der Waals surface area contributed by atoms with Gasteiger partial charge in [0.15, 0.2) is 5.82 Å². The van der Waals surface area contributed by atoms with Crippen LogP contribution in [0.3, 0.4) is 0 Å². The van der Waals surface area contributed by atoms with Crippen LogP contribution in [0.2, 0.25) is 0 Å². The van der Waals surface area contributed by atoms with Crippen molar-refractivity contribution >= 4 is 17.5 Å². The second kappa shape index (κ2) is 6.86. The number of nitrogens with one attached hydrogen (secondary N) is 2. The van der Waals surface area contributed by atoms with Crippen LogP contribution in [-0.4, -0.2) is 21.0 Å². The van der Waals surface area contributed by atoms with Crippen molar-refractivity contribution in [1.29, 1.82) is 0 Å². The van der Waals surface area contributed by atoms with Crippen molar-refractivity contribution in [3.63, 3.8) is 0 Å². The van der Waals surface area contributed by atoms with Crippen molar-refractivity contribution in [3.8, 4) is 0 Å². The van der Waals surface area contributed by atoms with E-state index in [-0.39, 0.29) is 24.0 Å². The summed E-state index contributed by atoms with van der Waals surface area (Å²) in [6, 6.07) is 9.10. The molecule has 3 rings (SSSR count).